The van der Waals surface area contributed by atoms with Crippen molar-refractivity contribution >= 4 is 0 Å². The zero-order valence-corrected chi connectivity index (χ0v) is 6.72. The lowest BCUT2D eigenvalue weighted by Crippen LogP contribution is -1.80. The molecular weight excluding hydrogens is 108 g/mol. The van der Waals surface area contributed by atoms with E-state index >= 15 is 0 Å². The van der Waals surface area contributed by atoms with Crippen molar-refractivity contribution < 1.29 is 0 Å². The van der Waals surface area contributed by atoms with Gasteiger partial charge < -0.3 is 0 Å². The van der Waals surface area contributed by atoms with Crippen LogP contribution in [0.15, 0.2) is 12.2 Å². The summed E-state index contributed by atoms with van der Waals surface area (Å²) in [5.74, 6) is 0.804. The monoisotopic (exact) mass is 125 g/mol. The van der Waals surface area contributed by atoms with Gasteiger partial charge in [-0.3, -0.25) is 0 Å². The van der Waals surface area contributed by atoms with Crippen LogP contribution in [0.25, 0.3) is 0 Å². The van der Waals surface area contributed by atoms with Gasteiger partial charge >= 0.3 is 0 Å². The third-order valence-corrected chi connectivity index (χ3v) is 1.15. The first-order valence-corrected chi connectivity index (χ1v) is 3.70. The molecule has 0 aliphatic heterocycles. The van der Waals surface area contributed by atoms with Crippen LogP contribution in [-0.4, -0.2) is 0 Å². The van der Waals surface area contributed by atoms with Gasteiger partial charge in [-0.1, -0.05) is 32.9 Å². The topological polar surface area (TPSA) is 0 Å². The summed E-state index contributed by atoms with van der Waals surface area (Å²) >= 11 is 0. The van der Waals surface area contributed by atoms with Gasteiger partial charge in [-0.05, 0) is 25.2 Å². The molecule has 0 nitrogen and oxygen atoms in total. The van der Waals surface area contributed by atoms with Crippen molar-refractivity contribution in [2.45, 2.75) is 33.6 Å². The molecule has 0 unspecified atom stereocenters. The Hall–Kier alpha value is -0.260. The van der Waals surface area contributed by atoms with E-state index in [4.69, 9.17) is 0 Å². The molecule has 0 amide bonds. The standard InChI is InChI=1S/C9H17/c1-4-5-6-7-8-9(2)3/h4,6-7,9H,5,8H2,1-3H3/b7-6+. The van der Waals surface area contributed by atoms with Crippen molar-refractivity contribution in [2.75, 3.05) is 0 Å². The zero-order valence-electron chi connectivity index (χ0n) is 6.72. The van der Waals surface area contributed by atoms with Gasteiger partial charge in [0.25, 0.3) is 0 Å². The molecule has 0 heterocycles. The lowest BCUT2D eigenvalue weighted by Gasteiger charge is -1.95. The summed E-state index contributed by atoms with van der Waals surface area (Å²) in [4.78, 5) is 0. The molecule has 0 saturated heterocycles. The Morgan fingerprint density at radius 1 is 1.22 bits per heavy atom. The molecule has 53 valence electrons. The number of hydrogen-bond acceptors (Lipinski definition) is 0. The second-order valence-corrected chi connectivity index (χ2v) is 2.74. The fourth-order valence-electron chi connectivity index (χ4n) is 0.601. The number of unbranched alkanes of at least 4 members (excludes halogenated alkanes) is 1. The van der Waals surface area contributed by atoms with Crippen LogP contribution in [0.1, 0.15) is 33.6 Å². The Balaban J connectivity index is 3.04. The molecule has 0 aliphatic carbocycles. The largest absolute Gasteiger partial charge is 0.0883 e. The van der Waals surface area contributed by atoms with Crippen molar-refractivity contribution in [1.29, 1.82) is 0 Å². The van der Waals surface area contributed by atoms with Crippen molar-refractivity contribution in [2.24, 2.45) is 5.92 Å². The van der Waals surface area contributed by atoms with Crippen LogP contribution in [-0.2, 0) is 0 Å². The SMILES string of the molecule is C[CH]C/C=C/CC(C)C. The summed E-state index contributed by atoms with van der Waals surface area (Å²) in [6.45, 7) is 6.56. The Kier molecular flexibility index (Phi) is 5.70. The molecule has 0 bridgehead atoms. The minimum atomic E-state index is 0.804. The van der Waals surface area contributed by atoms with Gasteiger partial charge in [0.2, 0.25) is 0 Å². The average molecular weight is 125 g/mol. The van der Waals surface area contributed by atoms with Gasteiger partial charge in [-0.2, -0.15) is 0 Å². The van der Waals surface area contributed by atoms with E-state index in [2.05, 4.69) is 39.3 Å². The first-order valence-electron chi connectivity index (χ1n) is 3.70. The maximum absolute atomic E-state index is 2.25. The highest BCUT2D eigenvalue weighted by Gasteiger charge is 1.85. The second kappa shape index (κ2) is 5.87. The molecule has 0 rings (SSSR count). The molecule has 0 atom stereocenters. The molecular formula is C9H17. The third-order valence-electron chi connectivity index (χ3n) is 1.15. The first kappa shape index (κ1) is 8.74. The van der Waals surface area contributed by atoms with Crippen molar-refractivity contribution in [1.82, 2.24) is 0 Å². The quantitative estimate of drug-likeness (QED) is 0.506. The van der Waals surface area contributed by atoms with Gasteiger partial charge in [-0.15, -0.1) is 0 Å². The minimum absolute atomic E-state index is 0.804. The van der Waals surface area contributed by atoms with E-state index in [1.54, 1.807) is 0 Å². The molecule has 0 aliphatic rings. The summed E-state index contributed by atoms with van der Waals surface area (Å²) in [7, 11) is 0. The van der Waals surface area contributed by atoms with E-state index in [-0.39, 0.29) is 0 Å². The van der Waals surface area contributed by atoms with Gasteiger partial charge in [0.05, 0.1) is 0 Å². The van der Waals surface area contributed by atoms with Crippen molar-refractivity contribution in [3.05, 3.63) is 18.6 Å². The van der Waals surface area contributed by atoms with E-state index in [9.17, 15) is 0 Å². The second-order valence-electron chi connectivity index (χ2n) is 2.74. The molecule has 0 heteroatoms. The normalized spacial score (nSPS) is 11.6. The van der Waals surface area contributed by atoms with E-state index in [0.717, 1.165) is 12.3 Å². The van der Waals surface area contributed by atoms with Crippen molar-refractivity contribution in [3.63, 3.8) is 0 Å². The maximum Gasteiger partial charge on any atom is -0.0322 e. The fourth-order valence-corrected chi connectivity index (χ4v) is 0.601. The van der Waals surface area contributed by atoms with E-state index in [0.29, 0.717) is 0 Å². The van der Waals surface area contributed by atoms with Crippen LogP contribution in [0.2, 0.25) is 0 Å². The molecule has 0 fully saturated rings. The fraction of sp³-hybridized carbons (Fsp3) is 0.667. The van der Waals surface area contributed by atoms with Crippen LogP contribution in [0.3, 0.4) is 0 Å². The maximum atomic E-state index is 2.25. The Labute approximate surface area is 59.0 Å². The average Bonchev–Trinajstić information content (AvgIpc) is 1.80. The summed E-state index contributed by atoms with van der Waals surface area (Å²) in [6, 6.07) is 0. The molecule has 1 radical (unpaired) electrons. The van der Waals surface area contributed by atoms with Crippen LogP contribution in [0.5, 0.6) is 0 Å². The molecule has 0 spiro atoms. The van der Waals surface area contributed by atoms with Crippen LogP contribution >= 0.6 is 0 Å². The van der Waals surface area contributed by atoms with Crippen LogP contribution in [0.4, 0.5) is 0 Å². The molecule has 0 N–H and O–H groups in total. The highest BCUT2D eigenvalue weighted by atomic mass is 13.9. The summed E-state index contributed by atoms with van der Waals surface area (Å²) in [5, 5.41) is 0. The van der Waals surface area contributed by atoms with Gasteiger partial charge in [-0.25, -0.2) is 0 Å². The predicted molar refractivity (Wildman–Crippen MR) is 43.2 cm³/mol. The zero-order chi connectivity index (χ0) is 7.11. The lowest BCUT2D eigenvalue weighted by molar-refractivity contribution is 0.663. The van der Waals surface area contributed by atoms with Crippen LogP contribution in [0, 0.1) is 12.3 Å². The number of hydrogen-bond donors (Lipinski definition) is 0. The van der Waals surface area contributed by atoms with E-state index in [1.165, 1.54) is 6.42 Å². The smallest absolute Gasteiger partial charge is 0.0322 e. The molecule has 0 saturated carbocycles. The third kappa shape index (κ3) is 7.74. The minimum Gasteiger partial charge on any atom is -0.0883 e. The van der Waals surface area contributed by atoms with Gasteiger partial charge in [0, 0.05) is 0 Å². The first-order chi connectivity index (χ1) is 4.27. The predicted octanol–water partition coefficient (Wildman–Crippen LogP) is 3.20. The summed E-state index contributed by atoms with van der Waals surface area (Å²) < 4.78 is 0. The van der Waals surface area contributed by atoms with Crippen molar-refractivity contribution in [3.8, 4) is 0 Å². The van der Waals surface area contributed by atoms with Gasteiger partial charge in [0.15, 0.2) is 0 Å². The Morgan fingerprint density at radius 2 is 1.89 bits per heavy atom. The Morgan fingerprint density at radius 3 is 2.33 bits per heavy atom. The highest BCUT2D eigenvalue weighted by Crippen LogP contribution is 2.00. The summed E-state index contributed by atoms with van der Waals surface area (Å²) in [6.07, 6.45) is 8.97. The highest BCUT2D eigenvalue weighted by molar-refractivity contribution is 4.85. The molecule has 9 heavy (non-hydrogen) atoms. The number of rotatable bonds is 4. The molecule has 0 aromatic heterocycles. The lowest BCUT2D eigenvalue weighted by atomic mass is 10.1. The van der Waals surface area contributed by atoms with E-state index < -0.39 is 0 Å². The Bertz CT molecular complexity index is 70.1. The molecule has 0 aromatic carbocycles. The van der Waals surface area contributed by atoms with Gasteiger partial charge in [0.1, 0.15) is 0 Å². The number of allylic oxidation sites excluding steroid dienone is 2. The molecule has 0 aromatic rings. The summed E-state index contributed by atoms with van der Waals surface area (Å²) in [5.41, 5.74) is 0. The van der Waals surface area contributed by atoms with Crippen LogP contribution < -0.4 is 0 Å². The van der Waals surface area contributed by atoms with E-state index in [1.807, 2.05) is 0 Å².